The number of nitrogens with one attached hydrogen (secondary N) is 1. The van der Waals surface area contributed by atoms with E-state index in [1.165, 1.54) is 0 Å². The Balaban J connectivity index is 1.85. The van der Waals surface area contributed by atoms with Crippen LogP contribution in [0.25, 0.3) is 0 Å². The van der Waals surface area contributed by atoms with Crippen LogP contribution >= 0.6 is 0 Å². The fourth-order valence-electron chi connectivity index (χ4n) is 2.91. The van der Waals surface area contributed by atoms with E-state index in [1.54, 1.807) is 31.2 Å². The molecule has 0 spiro atoms. The van der Waals surface area contributed by atoms with E-state index in [2.05, 4.69) is 30.1 Å². The van der Waals surface area contributed by atoms with Crippen molar-refractivity contribution < 1.29 is 14.3 Å². The van der Waals surface area contributed by atoms with Crippen LogP contribution in [-0.2, 0) is 9.53 Å². The van der Waals surface area contributed by atoms with E-state index in [0.29, 0.717) is 23.8 Å². The van der Waals surface area contributed by atoms with Crippen LogP contribution in [-0.4, -0.2) is 55.8 Å². The predicted octanol–water partition coefficient (Wildman–Crippen LogP) is 1.80. The third kappa shape index (κ3) is 5.73. The first-order chi connectivity index (χ1) is 12.0. The maximum absolute atomic E-state index is 12.3. The molecule has 6 nitrogen and oxygen atoms in total. The summed E-state index contributed by atoms with van der Waals surface area (Å²) >= 11 is 0. The summed E-state index contributed by atoms with van der Waals surface area (Å²) in [6, 6.07) is 9.09. The Morgan fingerprint density at radius 2 is 1.92 bits per heavy atom. The van der Waals surface area contributed by atoms with Gasteiger partial charge in [-0.25, -0.2) is 0 Å². The van der Waals surface area contributed by atoms with E-state index < -0.39 is 6.10 Å². The third-order valence-electron chi connectivity index (χ3n) is 4.44. The SMILES string of the molecule is CC(Oc1ccc(C#N)cc1)C(=O)NCC(C(C)C)N1CCOCC1. The van der Waals surface area contributed by atoms with Gasteiger partial charge in [0.25, 0.3) is 5.91 Å². The van der Waals surface area contributed by atoms with E-state index >= 15 is 0 Å². The van der Waals surface area contributed by atoms with Crippen LogP contribution in [0.3, 0.4) is 0 Å². The number of nitrogens with zero attached hydrogens (tertiary/aromatic N) is 2. The van der Waals surface area contributed by atoms with E-state index in [4.69, 9.17) is 14.7 Å². The molecule has 1 fully saturated rings. The summed E-state index contributed by atoms with van der Waals surface area (Å²) in [6.45, 7) is 9.95. The summed E-state index contributed by atoms with van der Waals surface area (Å²) in [6.07, 6.45) is -0.592. The second-order valence-electron chi connectivity index (χ2n) is 6.60. The molecule has 0 radical (unpaired) electrons. The molecular weight excluding hydrogens is 318 g/mol. The van der Waals surface area contributed by atoms with Crippen molar-refractivity contribution in [1.29, 1.82) is 5.26 Å². The van der Waals surface area contributed by atoms with E-state index in [1.807, 2.05) is 0 Å². The van der Waals surface area contributed by atoms with Crippen LogP contribution in [0.5, 0.6) is 5.75 Å². The van der Waals surface area contributed by atoms with Crippen LogP contribution in [0.4, 0.5) is 0 Å². The number of amides is 1. The first kappa shape index (κ1) is 19.2. The van der Waals surface area contributed by atoms with Gasteiger partial charge in [-0.15, -0.1) is 0 Å². The molecule has 1 aliphatic heterocycles. The van der Waals surface area contributed by atoms with Crippen molar-refractivity contribution in [2.45, 2.75) is 32.9 Å². The zero-order valence-corrected chi connectivity index (χ0v) is 15.2. The Kier molecular flexibility index (Phi) is 7.23. The Labute approximate surface area is 149 Å². The van der Waals surface area contributed by atoms with Gasteiger partial charge in [-0.3, -0.25) is 9.69 Å². The Morgan fingerprint density at radius 3 is 2.48 bits per heavy atom. The smallest absolute Gasteiger partial charge is 0.260 e. The van der Waals surface area contributed by atoms with Crippen molar-refractivity contribution in [2.24, 2.45) is 5.92 Å². The normalized spacial score (nSPS) is 17.6. The lowest BCUT2D eigenvalue weighted by Crippen LogP contribution is -2.52. The molecule has 1 aliphatic rings. The number of morpholine rings is 1. The molecule has 1 aromatic rings. The standard InChI is InChI=1S/C19H27N3O3/c1-14(2)18(22-8-10-24-11-9-22)13-21-19(23)15(3)25-17-6-4-16(12-20)5-7-17/h4-7,14-15,18H,8-11,13H2,1-3H3,(H,21,23). The number of hydrogen-bond donors (Lipinski definition) is 1. The van der Waals surface area contributed by atoms with Gasteiger partial charge in [0.05, 0.1) is 24.8 Å². The molecule has 1 heterocycles. The summed E-state index contributed by atoms with van der Waals surface area (Å²) in [4.78, 5) is 14.7. The minimum Gasteiger partial charge on any atom is -0.481 e. The third-order valence-corrected chi connectivity index (χ3v) is 4.44. The van der Waals surface area contributed by atoms with Gasteiger partial charge in [-0.2, -0.15) is 5.26 Å². The molecule has 2 atom stereocenters. The maximum Gasteiger partial charge on any atom is 0.260 e. The summed E-state index contributed by atoms with van der Waals surface area (Å²) in [5.74, 6) is 0.881. The number of hydrogen-bond acceptors (Lipinski definition) is 5. The zero-order chi connectivity index (χ0) is 18.2. The highest BCUT2D eigenvalue weighted by Gasteiger charge is 2.25. The van der Waals surface area contributed by atoms with Crippen LogP contribution < -0.4 is 10.1 Å². The highest BCUT2D eigenvalue weighted by Crippen LogP contribution is 2.14. The molecule has 0 saturated carbocycles. The summed E-state index contributed by atoms with van der Waals surface area (Å²) in [5, 5.41) is 11.8. The number of carbonyl (C=O) groups is 1. The minimum atomic E-state index is -0.592. The van der Waals surface area contributed by atoms with Crippen molar-refractivity contribution >= 4 is 5.91 Å². The highest BCUT2D eigenvalue weighted by atomic mass is 16.5. The number of ether oxygens (including phenoxy) is 2. The lowest BCUT2D eigenvalue weighted by Gasteiger charge is -2.37. The van der Waals surface area contributed by atoms with Crippen molar-refractivity contribution in [2.75, 3.05) is 32.8 Å². The van der Waals surface area contributed by atoms with Gasteiger partial charge in [0.1, 0.15) is 5.75 Å². The monoisotopic (exact) mass is 345 g/mol. The molecule has 2 unspecified atom stereocenters. The molecule has 1 N–H and O–H groups in total. The van der Waals surface area contributed by atoms with Crippen molar-refractivity contribution in [3.8, 4) is 11.8 Å². The second-order valence-corrected chi connectivity index (χ2v) is 6.60. The predicted molar refractivity (Wildman–Crippen MR) is 95.3 cm³/mol. The van der Waals surface area contributed by atoms with Gasteiger partial charge < -0.3 is 14.8 Å². The van der Waals surface area contributed by atoms with Gasteiger partial charge in [0.2, 0.25) is 0 Å². The molecule has 6 heteroatoms. The largest absolute Gasteiger partial charge is 0.481 e. The number of nitriles is 1. The van der Waals surface area contributed by atoms with Gasteiger partial charge in [0.15, 0.2) is 6.10 Å². The fraction of sp³-hybridized carbons (Fsp3) is 0.579. The van der Waals surface area contributed by atoms with Crippen LogP contribution in [0.1, 0.15) is 26.3 Å². The summed E-state index contributed by atoms with van der Waals surface area (Å²) < 4.78 is 11.1. The Morgan fingerprint density at radius 1 is 1.28 bits per heavy atom. The molecule has 1 aromatic carbocycles. The van der Waals surface area contributed by atoms with E-state index in [-0.39, 0.29) is 11.9 Å². The Hall–Kier alpha value is -2.10. The quantitative estimate of drug-likeness (QED) is 0.816. The molecule has 0 aromatic heterocycles. The highest BCUT2D eigenvalue weighted by molar-refractivity contribution is 5.80. The minimum absolute atomic E-state index is 0.136. The van der Waals surface area contributed by atoms with Crippen molar-refractivity contribution in [1.82, 2.24) is 10.2 Å². The number of rotatable bonds is 7. The molecule has 0 bridgehead atoms. The second kappa shape index (κ2) is 9.40. The average molecular weight is 345 g/mol. The lowest BCUT2D eigenvalue weighted by atomic mass is 10.0. The van der Waals surface area contributed by atoms with E-state index in [0.717, 1.165) is 26.3 Å². The molecular formula is C19H27N3O3. The van der Waals surface area contributed by atoms with Crippen molar-refractivity contribution in [3.05, 3.63) is 29.8 Å². The topological polar surface area (TPSA) is 74.6 Å². The molecule has 136 valence electrons. The van der Waals surface area contributed by atoms with Crippen LogP contribution in [0, 0.1) is 17.2 Å². The summed E-state index contributed by atoms with van der Waals surface area (Å²) in [7, 11) is 0. The van der Waals surface area contributed by atoms with Gasteiger partial charge in [-0.1, -0.05) is 13.8 Å². The molecule has 25 heavy (non-hydrogen) atoms. The molecule has 2 rings (SSSR count). The summed E-state index contributed by atoms with van der Waals surface area (Å²) in [5.41, 5.74) is 0.565. The average Bonchev–Trinajstić information content (AvgIpc) is 2.63. The van der Waals surface area contributed by atoms with Gasteiger partial charge in [-0.05, 0) is 37.1 Å². The Bertz CT molecular complexity index is 589. The van der Waals surface area contributed by atoms with Crippen LogP contribution in [0.15, 0.2) is 24.3 Å². The first-order valence-electron chi connectivity index (χ1n) is 8.77. The van der Waals surface area contributed by atoms with Crippen molar-refractivity contribution in [3.63, 3.8) is 0 Å². The van der Waals surface area contributed by atoms with E-state index in [9.17, 15) is 4.79 Å². The molecule has 1 amide bonds. The number of carbonyl (C=O) groups excluding carboxylic acids is 1. The van der Waals surface area contributed by atoms with Gasteiger partial charge >= 0.3 is 0 Å². The zero-order valence-electron chi connectivity index (χ0n) is 15.2. The van der Waals surface area contributed by atoms with Gasteiger partial charge in [0, 0.05) is 25.7 Å². The maximum atomic E-state index is 12.3. The first-order valence-corrected chi connectivity index (χ1v) is 8.77. The van der Waals surface area contributed by atoms with Crippen LogP contribution in [0.2, 0.25) is 0 Å². The lowest BCUT2D eigenvalue weighted by molar-refractivity contribution is -0.127. The molecule has 1 saturated heterocycles. The molecule has 0 aliphatic carbocycles. The fourth-order valence-corrected chi connectivity index (χ4v) is 2.91. The number of benzene rings is 1.